The van der Waals surface area contributed by atoms with Gasteiger partial charge in [-0.3, -0.25) is 4.40 Å². The summed E-state index contributed by atoms with van der Waals surface area (Å²) in [5.74, 6) is 1.91. The quantitative estimate of drug-likeness (QED) is 0.673. The molecule has 9 heteroatoms. The molecule has 1 aliphatic rings. The number of H-pyrrole nitrogens is 1. The van der Waals surface area contributed by atoms with E-state index in [9.17, 15) is 8.42 Å². The summed E-state index contributed by atoms with van der Waals surface area (Å²) in [5, 5.41) is 8.70. The number of nitrogens with zero attached hydrogens (tertiary/aromatic N) is 4. The first-order valence-electron chi connectivity index (χ1n) is 9.51. The summed E-state index contributed by atoms with van der Waals surface area (Å²) in [6.07, 6.45) is 5.78. The van der Waals surface area contributed by atoms with Crippen LogP contribution in [0.5, 0.6) is 0 Å². The van der Waals surface area contributed by atoms with Crippen LogP contribution in [0.25, 0.3) is 16.8 Å². The normalized spacial score (nSPS) is 23.8. The van der Waals surface area contributed by atoms with Crippen LogP contribution >= 0.6 is 0 Å². The average Bonchev–Trinajstić information content (AvgIpc) is 3.29. The molecule has 27 heavy (non-hydrogen) atoms. The van der Waals surface area contributed by atoms with Crippen LogP contribution in [-0.4, -0.2) is 44.8 Å². The third-order valence-corrected chi connectivity index (χ3v) is 6.96. The van der Waals surface area contributed by atoms with E-state index in [0.717, 1.165) is 29.8 Å². The lowest BCUT2D eigenvalue weighted by atomic mass is 9.97. The van der Waals surface area contributed by atoms with Crippen LogP contribution < -0.4 is 4.72 Å². The number of aromatic nitrogens is 5. The first-order chi connectivity index (χ1) is 12.8. The Hall–Kier alpha value is -2.00. The maximum Gasteiger partial charge on any atom is 0.211 e. The molecule has 0 spiro atoms. The van der Waals surface area contributed by atoms with Gasteiger partial charge in [-0.1, -0.05) is 20.8 Å². The highest BCUT2D eigenvalue weighted by atomic mass is 32.2. The molecule has 3 aromatic rings. The Kier molecular flexibility index (Phi) is 4.67. The predicted octanol–water partition coefficient (Wildman–Crippen LogP) is 2.45. The maximum absolute atomic E-state index is 12.4. The summed E-state index contributed by atoms with van der Waals surface area (Å²) in [7, 11) is -3.25. The Bertz CT molecular complexity index is 1050. The van der Waals surface area contributed by atoms with E-state index >= 15 is 0 Å². The average molecular weight is 391 g/mol. The topological polar surface area (TPSA) is 105 Å². The molecule has 3 atom stereocenters. The van der Waals surface area contributed by atoms with Crippen LogP contribution in [0.4, 0.5) is 0 Å². The summed E-state index contributed by atoms with van der Waals surface area (Å²) < 4.78 is 29.7. The van der Waals surface area contributed by atoms with Gasteiger partial charge in [-0.2, -0.15) is 0 Å². The zero-order chi connectivity index (χ0) is 19.2. The molecule has 1 fully saturated rings. The van der Waals surface area contributed by atoms with Crippen LogP contribution in [-0.2, 0) is 10.0 Å². The van der Waals surface area contributed by atoms with Gasteiger partial charge in [0, 0.05) is 18.2 Å². The third kappa shape index (κ3) is 3.58. The van der Waals surface area contributed by atoms with E-state index < -0.39 is 10.0 Å². The molecule has 0 amide bonds. The minimum absolute atomic E-state index is 0.0573. The summed E-state index contributed by atoms with van der Waals surface area (Å²) in [6.45, 7) is 6.23. The number of hydrogen-bond donors (Lipinski definition) is 2. The first kappa shape index (κ1) is 18.4. The number of sulfonamides is 1. The van der Waals surface area contributed by atoms with Crippen molar-refractivity contribution in [3.63, 3.8) is 0 Å². The zero-order valence-corrected chi connectivity index (χ0v) is 16.7. The molecule has 1 aliphatic carbocycles. The van der Waals surface area contributed by atoms with Crippen molar-refractivity contribution in [2.75, 3.05) is 5.75 Å². The van der Waals surface area contributed by atoms with Gasteiger partial charge in [-0.25, -0.2) is 18.1 Å². The fourth-order valence-electron chi connectivity index (χ4n) is 4.05. The number of aromatic amines is 1. The highest BCUT2D eigenvalue weighted by molar-refractivity contribution is 7.89. The largest absolute Gasteiger partial charge is 0.345 e. The summed E-state index contributed by atoms with van der Waals surface area (Å²) in [4.78, 5) is 7.47. The van der Waals surface area contributed by atoms with Gasteiger partial charge in [-0.15, -0.1) is 10.2 Å². The minimum atomic E-state index is -3.25. The van der Waals surface area contributed by atoms with Gasteiger partial charge in [0.1, 0.15) is 5.82 Å². The van der Waals surface area contributed by atoms with Gasteiger partial charge >= 0.3 is 0 Å². The predicted molar refractivity (Wildman–Crippen MR) is 104 cm³/mol. The van der Waals surface area contributed by atoms with Crippen molar-refractivity contribution in [2.24, 2.45) is 11.8 Å². The standard InChI is InChI=1S/C18H26N6O2S/c1-11(2)5-7-27(25,26)23-13-8-12(3)14(9-13)18-22-21-16-10-20-17-15(24(16)18)4-6-19-17/h4,6,10-14,19,23H,5,7-9H2,1-3H3/t12-,13+,14+/m1/s1. The SMILES string of the molecule is CC(C)CCS(=O)(=O)N[C@H]1C[C@@H](C)[C@@H](c2nnc3cnc4[nH]ccc4n23)C1. The highest BCUT2D eigenvalue weighted by Gasteiger charge is 2.37. The molecule has 0 saturated heterocycles. The number of fused-ring (bicyclic) bond motifs is 3. The molecular weight excluding hydrogens is 364 g/mol. The lowest BCUT2D eigenvalue weighted by Gasteiger charge is -2.14. The Morgan fingerprint density at radius 1 is 1.33 bits per heavy atom. The number of nitrogens with one attached hydrogen (secondary N) is 2. The van der Waals surface area contributed by atoms with E-state index in [1.807, 2.05) is 30.5 Å². The Morgan fingerprint density at radius 3 is 2.93 bits per heavy atom. The maximum atomic E-state index is 12.4. The van der Waals surface area contributed by atoms with Gasteiger partial charge in [0.2, 0.25) is 10.0 Å². The Morgan fingerprint density at radius 2 is 2.15 bits per heavy atom. The second-order valence-electron chi connectivity index (χ2n) is 8.09. The second-order valence-corrected chi connectivity index (χ2v) is 9.97. The third-order valence-electron chi connectivity index (χ3n) is 5.49. The van der Waals surface area contributed by atoms with Crippen molar-refractivity contribution < 1.29 is 8.42 Å². The molecule has 0 radical (unpaired) electrons. The smallest absolute Gasteiger partial charge is 0.211 e. The van der Waals surface area contributed by atoms with Gasteiger partial charge in [-0.05, 0) is 37.2 Å². The van der Waals surface area contributed by atoms with Crippen molar-refractivity contribution in [3.05, 3.63) is 24.3 Å². The monoisotopic (exact) mass is 390 g/mol. The van der Waals surface area contributed by atoms with E-state index in [1.54, 1.807) is 6.20 Å². The molecule has 0 bridgehead atoms. The summed E-state index contributed by atoms with van der Waals surface area (Å²) in [5.41, 5.74) is 2.45. The molecule has 2 N–H and O–H groups in total. The van der Waals surface area contributed by atoms with Crippen molar-refractivity contribution in [2.45, 2.75) is 52.0 Å². The lowest BCUT2D eigenvalue weighted by Crippen LogP contribution is -2.35. The van der Waals surface area contributed by atoms with Crippen LogP contribution in [0, 0.1) is 11.8 Å². The molecule has 0 aliphatic heterocycles. The fourth-order valence-corrected chi connectivity index (χ4v) is 5.65. The zero-order valence-electron chi connectivity index (χ0n) is 15.9. The van der Waals surface area contributed by atoms with Crippen LogP contribution in [0.1, 0.15) is 51.8 Å². The molecule has 4 rings (SSSR count). The van der Waals surface area contributed by atoms with Gasteiger partial charge in [0.25, 0.3) is 0 Å². The van der Waals surface area contributed by atoms with E-state index in [-0.39, 0.29) is 17.7 Å². The molecule has 3 heterocycles. The van der Waals surface area contributed by atoms with E-state index in [1.165, 1.54) is 0 Å². The van der Waals surface area contributed by atoms with Gasteiger partial charge in [0.15, 0.2) is 11.3 Å². The highest BCUT2D eigenvalue weighted by Crippen LogP contribution is 2.39. The minimum Gasteiger partial charge on any atom is -0.345 e. The van der Waals surface area contributed by atoms with Crippen molar-refractivity contribution in [1.82, 2.24) is 29.3 Å². The van der Waals surface area contributed by atoms with E-state index in [0.29, 0.717) is 23.9 Å². The Balaban J connectivity index is 1.57. The molecular formula is C18H26N6O2S. The number of rotatable bonds is 6. The molecule has 0 unspecified atom stereocenters. The van der Waals surface area contributed by atoms with Gasteiger partial charge in [0.05, 0.1) is 17.5 Å². The Labute approximate surface area is 158 Å². The van der Waals surface area contributed by atoms with Crippen LogP contribution in [0.2, 0.25) is 0 Å². The summed E-state index contributed by atoms with van der Waals surface area (Å²) in [6, 6.07) is 1.91. The number of hydrogen-bond acceptors (Lipinski definition) is 5. The molecule has 0 aromatic carbocycles. The molecule has 146 valence electrons. The van der Waals surface area contributed by atoms with Crippen LogP contribution in [0.3, 0.4) is 0 Å². The molecule has 8 nitrogen and oxygen atoms in total. The van der Waals surface area contributed by atoms with Crippen molar-refractivity contribution in [1.29, 1.82) is 0 Å². The van der Waals surface area contributed by atoms with Gasteiger partial charge < -0.3 is 4.98 Å². The molecule has 3 aromatic heterocycles. The summed E-state index contributed by atoms with van der Waals surface area (Å²) >= 11 is 0. The van der Waals surface area contributed by atoms with Crippen LogP contribution in [0.15, 0.2) is 18.5 Å². The van der Waals surface area contributed by atoms with E-state index in [2.05, 4.69) is 31.8 Å². The fraction of sp³-hybridized carbons (Fsp3) is 0.611. The molecule has 1 saturated carbocycles. The van der Waals surface area contributed by atoms with Crippen molar-refractivity contribution in [3.8, 4) is 0 Å². The van der Waals surface area contributed by atoms with E-state index in [4.69, 9.17) is 0 Å². The first-order valence-corrected chi connectivity index (χ1v) is 11.2. The second kappa shape index (κ2) is 6.87. The van der Waals surface area contributed by atoms with Crippen molar-refractivity contribution >= 4 is 26.8 Å². The lowest BCUT2D eigenvalue weighted by molar-refractivity contribution is 0.505.